The summed E-state index contributed by atoms with van der Waals surface area (Å²) in [6, 6.07) is 5.20. The molecule has 1 atom stereocenters. The van der Waals surface area contributed by atoms with Crippen molar-refractivity contribution in [3.8, 4) is 0 Å². The molecule has 1 saturated heterocycles. The number of hydrogen-bond acceptors (Lipinski definition) is 4. The van der Waals surface area contributed by atoms with Gasteiger partial charge in [0.05, 0.1) is 6.04 Å². The third-order valence-electron chi connectivity index (χ3n) is 3.18. The second-order valence-electron chi connectivity index (χ2n) is 4.99. The predicted octanol–water partition coefficient (Wildman–Crippen LogP) is 1.30. The van der Waals surface area contributed by atoms with Gasteiger partial charge in [0.25, 0.3) is 5.91 Å². The monoisotopic (exact) mass is 293 g/mol. The largest absolute Gasteiger partial charge is 0.345 e. The molecule has 108 valence electrons. The lowest BCUT2D eigenvalue weighted by atomic mass is 10.1. The van der Waals surface area contributed by atoms with Crippen molar-refractivity contribution in [2.75, 3.05) is 31.0 Å². The first kappa shape index (κ1) is 14.9. The molecule has 1 unspecified atom stereocenters. The molecule has 5 nitrogen and oxygen atoms in total. The number of carbonyl (C=O) groups excluding carboxylic acids is 2. The summed E-state index contributed by atoms with van der Waals surface area (Å²) in [5, 5.41) is 6.03. The SMILES string of the molecule is Cc1ccc(C(=O)N(C)C)cc1NC(=O)C1CSCN1. The van der Waals surface area contributed by atoms with Gasteiger partial charge in [-0.25, -0.2) is 0 Å². The van der Waals surface area contributed by atoms with Crippen LogP contribution in [-0.2, 0) is 4.79 Å². The maximum atomic E-state index is 12.1. The molecule has 2 rings (SSSR count). The van der Waals surface area contributed by atoms with E-state index in [9.17, 15) is 9.59 Å². The second kappa shape index (κ2) is 6.28. The van der Waals surface area contributed by atoms with Crippen molar-refractivity contribution in [1.29, 1.82) is 0 Å². The van der Waals surface area contributed by atoms with Crippen LogP contribution in [0.15, 0.2) is 18.2 Å². The van der Waals surface area contributed by atoms with Crippen LogP contribution in [0.5, 0.6) is 0 Å². The minimum absolute atomic E-state index is 0.0486. The molecule has 2 amide bonds. The number of rotatable bonds is 3. The quantitative estimate of drug-likeness (QED) is 0.882. The van der Waals surface area contributed by atoms with Gasteiger partial charge in [-0.05, 0) is 24.6 Å². The molecule has 0 bridgehead atoms. The number of carbonyl (C=O) groups is 2. The number of hydrogen-bond donors (Lipinski definition) is 2. The van der Waals surface area contributed by atoms with Crippen molar-refractivity contribution in [2.24, 2.45) is 0 Å². The lowest BCUT2D eigenvalue weighted by Crippen LogP contribution is -2.37. The van der Waals surface area contributed by atoms with E-state index >= 15 is 0 Å². The molecule has 0 saturated carbocycles. The Balaban J connectivity index is 2.16. The molecule has 1 aliphatic heterocycles. The molecule has 1 fully saturated rings. The van der Waals surface area contributed by atoms with Gasteiger partial charge in [0, 0.05) is 37.0 Å². The van der Waals surface area contributed by atoms with Gasteiger partial charge in [0.2, 0.25) is 5.91 Å². The van der Waals surface area contributed by atoms with Crippen LogP contribution in [0.2, 0.25) is 0 Å². The highest BCUT2D eigenvalue weighted by molar-refractivity contribution is 7.99. The van der Waals surface area contributed by atoms with Crippen molar-refractivity contribution in [1.82, 2.24) is 10.2 Å². The van der Waals surface area contributed by atoms with Crippen LogP contribution < -0.4 is 10.6 Å². The highest BCUT2D eigenvalue weighted by Gasteiger charge is 2.23. The van der Waals surface area contributed by atoms with Crippen LogP contribution in [0.4, 0.5) is 5.69 Å². The van der Waals surface area contributed by atoms with Gasteiger partial charge in [0.1, 0.15) is 0 Å². The van der Waals surface area contributed by atoms with Gasteiger partial charge in [-0.2, -0.15) is 0 Å². The molecule has 0 spiro atoms. The Labute approximate surface area is 123 Å². The first-order valence-electron chi connectivity index (χ1n) is 6.43. The van der Waals surface area contributed by atoms with Gasteiger partial charge in [0.15, 0.2) is 0 Å². The van der Waals surface area contributed by atoms with Crippen molar-refractivity contribution >= 4 is 29.3 Å². The number of thioether (sulfide) groups is 1. The lowest BCUT2D eigenvalue weighted by Gasteiger charge is -2.15. The standard InChI is InChI=1S/C14H19N3O2S/c1-9-4-5-10(14(19)17(2)3)6-11(9)16-13(18)12-7-20-8-15-12/h4-6,12,15H,7-8H2,1-3H3,(H,16,18). The first-order valence-corrected chi connectivity index (χ1v) is 7.59. The number of nitrogens with zero attached hydrogens (tertiary/aromatic N) is 1. The maximum absolute atomic E-state index is 12.1. The van der Waals surface area contributed by atoms with Crippen molar-refractivity contribution in [3.63, 3.8) is 0 Å². The molecule has 0 aliphatic carbocycles. The van der Waals surface area contributed by atoms with Gasteiger partial charge in [-0.1, -0.05) is 6.07 Å². The van der Waals surface area contributed by atoms with Crippen LogP contribution >= 0.6 is 11.8 Å². The Kier molecular flexibility index (Phi) is 4.67. The minimum Gasteiger partial charge on any atom is -0.345 e. The van der Waals surface area contributed by atoms with Crippen molar-refractivity contribution in [3.05, 3.63) is 29.3 Å². The Bertz CT molecular complexity index is 525. The van der Waals surface area contributed by atoms with Crippen molar-refractivity contribution < 1.29 is 9.59 Å². The van der Waals surface area contributed by atoms with E-state index in [-0.39, 0.29) is 17.9 Å². The Morgan fingerprint density at radius 1 is 1.40 bits per heavy atom. The Morgan fingerprint density at radius 3 is 2.75 bits per heavy atom. The summed E-state index contributed by atoms with van der Waals surface area (Å²) >= 11 is 1.70. The van der Waals surface area contributed by atoms with E-state index in [0.29, 0.717) is 11.3 Å². The highest BCUT2D eigenvalue weighted by atomic mass is 32.2. The average Bonchev–Trinajstić information content (AvgIpc) is 2.94. The zero-order valence-electron chi connectivity index (χ0n) is 11.9. The third kappa shape index (κ3) is 3.32. The van der Waals surface area contributed by atoms with E-state index in [1.807, 2.05) is 13.0 Å². The van der Waals surface area contributed by atoms with E-state index in [1.165, 1.54) is 4.90 Å². The molecule has 1 aromatic carbocycles. The van der Waals surface area contributed by atoms with Crippen LogP contribution in [0.25, 0.3) is 0 Å². The minimum atomic E-state index is -0.160. The van der Waals surface area contributed by atoms with Crippen LogP contribution in [-0.4, -0.2) is 48.5 Å². The molecule has 1 aliphatic rings. The molecule has 0 radical (unpaired) electrons. The van der Waals surface area contributed by atoms with E-state index in [2.05, 4.69) is 10.6 Å². The van der Waals surface area contributed by atoms with E-state index in [1.54, 1.807) is 38.0 Å². The number of amides is 2. The zero-order chi connectivity index (χ0) is 14.7. The zero-order valence-corrected chi connectivity index (χ0v) is 12.7. The van der Waals surface area contributed by atoms with Crippen LogP contribution in [0.1, 0.15) is 15.9 Å². The van der Waals surface area contributed by atoms with Gasteiger partial charge in [-0.15, -0.1) is 11.8 Å². The van der Waals surface area contributed by atoms with E-state index in [0.717, 1.165) is 17.2 Å². The fourth-order valence-electron chi connectivity index (χ4n) is 1.93. The van der Waals surface area contributed by atoms with Gasteiger partial charge >= 0.3 is 0 Å². The lowest BCUT2D eigenvalue weighted by molar-refractivity contribution is -0.117. The summed E-state index contributed by atoms with van der Waals surface area (Å²) in [5.41, 5.74) is 2.21. The molecule has 0 aromatic heterocycles. The number of anilines is 1. The summed E-state index contributed by atoms with van der Waals surface area (Å²) in [6.07, 6.45) is 0. The van der Waals surface area contributed by atoms with Crippen LogP contribution in [0.3, 0.4) is 0 Å². The van der Waals surface area contributed by atoms with Gasteiger partial charge in [-0.3, -0.25) is 14.9 Å². The van der Waals surface area contributed by atoms with E-state index in [4.69, 9.17) is 0 Å². The summed E-state index contributed by atoms with van der Waals surface area (Å²) in [7, 11) is 3.42. The smallest absolute Gasteiger partial charge is 0.253 e. The van der Waals surface area contributed by atoms with Gasteiger partial charge < -0.3 is 10.2 Å². The summed E-state index contributed by atoms with van der Waals surface area (Å²) < 4.78 is 0. The fourth-order valence-corrected chi connectivity index (χ4v) is 2.87. The molecule has 1 heterocycles. The topological polar surface area (TPSA) is 61.4 Å². The first-order chi connectivity index (χ1) is 9.49. The fraction of sp³-hybridized carbons (Fsp3) is 0.429. The highest BCUT2D eigenvalue weighted by Crippen LogP contribution is 2.19. The normalized spacial score (nSPS) is 17.9. The number of benzene rings is 1. The van der Waals surface area contributed by atoms with Crippen LogP contribution in [0, 0.1) is 6.92 Å². The molecule has 20 heavy (non-hydrogen) atoms. The number of nitrogens with one attached hydrogen (secondary N) is 2. The molecule has 6 heteroatoms. The molecule has 1 aromatic rings. The van der Waals surface area contributed by atoms with E-state index < -0.39 is 0 Å². The summed E-state index contributed by atoms with van der Waals surface area (Å²) in [6.45, 7) is 1.91. The Hall–Kier alpha value is -1.53. The average molecular weight is 293 g/mol. The molecule has 2 N–H and O–H groups in total. The molecular weight excluding hydrogens is 274 g/mol. The maximum Gasteiger partial charge on any atom is 0.253 e. The third-order valence-corrected chi connectivity index (χ3v) is 4.12. The van der Waals surface area contributed by atoms with Crippen molar-refractivity contribution in [2.45, 2.75) is 13.0 Å². The number of aryl methyl sites for hydroxylation is 1. The Morgan fingerprint density at radius 2 is 2.15 bits per heavy atom. The predicted molar refractivity (Wildman–Crippen MR) is 82.1 cm³/mol. The summed E-state index contributed by atoms with van der Waals surface area (Å²) in [5.74, 6) is 1.46. The summed E-state index contributed by atoms with van der Waals surface area (Å²) in [4.78, 5) is 25.6. The second-order valence-corrected chi connectivity index (χ2v) is 6.02. The molecular formula is C14H19N3O2S.